The first-order valence-corrected chi connectivity index (χ1v) is 10.7. The summed E-state index contributed by atoms with van der Waals surface area (Å²) >= 11 is 0. The largest absolute Gasteiger partial charge is 0.344 e. The van der Waals surface area contributed by atoms with Gasteiger partial charge >= 0.3 is 0 Å². The molecule has 1 aromatic carbocycles. The molecule has 0 saturated heterocycles. The van der Waals surface area contributed by atoms with Gasteiger partial charge in [-0.1, -0.05) is 42.3 Å². The third-order valence-corrected chi connectivity index (χ3v) is 5.64. The molecule has 5 rings (SSSR count). The summed E-state index contributed by atoms with van der Waals surface area (Å²) in [5.74, 6) is 2.20. The van der Waals surface area contributed by atoms with Crippen LogP contribution in [0.4, 0.5) is 0 Å². The molecule has 0 fully saturated rings. The van der Waals surface area contributed by atoms with Gasteiger partial charge in [0.15, 0.2) is 5.65 Å². The van der Waals surface area contributed by atoms with Gasteiger partial charge in [0.05, 0.1) is 23.0 Å². The second-order valence-electron chi connectivity index (χ2n) is 7.84. The van der Waals surface area contributed by atoms with Crippen LogP contribution in [0.1, 0.15) is 40.4 Å². The third-order valence-electron chi connectivity index (χ3n) is 5.64. The Labute approximate surface area is 194 Å². The minimum absolute atomic E-state index is 0.297. The number of amides is 1. The van der Waals surface area contributed by atoms with E-state index in [-0.39, 0.29) is 11.5 Å². The van der Waals surface area contributed by atoms with Crippen molar-refractivity contribution in [1.82, 2.24) is 29.3 Å². The molecule has 34 heavy (non-hydrogen) atoms. The van der Waals surface area contributed by atoms with E-state index in [4.69, 9.17) is 11.4 Å². The number of pyridine rings is 1. The van der Waals surface area contributed by atoms with Crippen molar-refractivity contribution in [1.29, 1.82) is 0 Å². The predicted octanol–water partition coefficient (Wildman–Crippen LogP) is 3.18. The Bertz CT molecular complexity index is 1660. The van der Waals surface area contributed by atoms with Gasteiger partial charge in [-0.25, -0.2) is 14.5 Å². The number of terminal acetylenes is 1. The molecule has 0 aliphatic carbocycles. The summed E-state index contributed by atoms with van der Waals surface area (Å²) < 4.78 is 2.98. The molecule has 166 valence electrons. The number of carbonyl (C=O) groups is 1. The molecule has 0 spiro atoms. The molecule has 0 bridgehead atoms. The van der Waals surface area contributed by atoms with Crippen molar-refractivity contribution in [3.05, 3.63) is 100.0 Å². The Morgan fingerprint density at radius 3 is 2.68 bits per heavy atom. The lowest BCUT2D eigenvalue weighted by molar-refractivity contribution is 0.0940. The summed E-state index contributed by atoms with van der Waals surface area (Å²) in [5, 5.41) is 7.34. The van der Waals surface area contributed by atoms with Gasteiger partial charge < -0.3 is 5.32 Å². The van der Waals surface area contributed by atoms with Crippen molar-refractivity contribution in [2.45, 2.75) is 19.9 Å². The molecule has 0 aliphatic heterocycles. The van der Waals surface area contributed by atoms with Crippen LogP contribution in [-0.4, -0.2) is 29.9 Å². The predicted molar refractivity (Wildman–Crippen MR) is 128 cm³/mol. The molecule has 5 aromatic rings. The highest BCUT2D eigenvalue weighted by Crippen LogP contribution is 2.25. The number of nitrogens with zero attached hydrogens (tertiary/aromatic N) is 5. The first-order chi connectivity index (χ1) is 16.5. The van der Waals surface area contributed by atoms with Crippen molar-refractivity contribution in [2.24, 2.45) is 0 Å². The molecule has 0 radical (unpaired) electrons. The maximum Gasteiger partial charge on any atom is 0.267 e. The van der Waals surface area contributed by atoms with Crippen LogP contribution in [0.3, 0.4) is 0 Å². The molecule has 0 saturated carbocycles. The summed E-state index contributed by atoms with van der Waals surface area (Å²) in [6.07, 6.45) is 8.99. The van der Waals surface area contributed by atoms with E-state index < -0.39 is 6.04 Å². The number of aryl methyl sites for hydroxylation is 1. The molecular weight excluding hydrogens is 428 g/mol. The zero-order chi connectivity index (χ0) is 23.8. The summed E-state index contributed by atoms with van der Waals surface area (Å²) in [6.45, 7) is 3.55. The first kappa shape index (κ1) is 21.1. The van der Waals surface area contributed by atoms with Crippen LogP contribution in [0.15, 0.2) is 71.8 Å². The Morgan fingerprint density at radius 1 is 1.12 bits per heavy atom. The Hall–Kier alpha value is -4.77. The number of hydrogen-bond acceptors (Lipinski definition) is 5. The Morgan fingerprint density at radius 2 is 1.91 bits per heavy atom. The lowest BCUT2D eigenvalue weighted by atomic mass is 10.0. The van der Waals surface area contributed by atoms with Crippen molar-refractivity contribution in [3.63, 3.8) is 0 Å². The van der Waals surface area contributed by atoms with Gasteiger partial charge in [0.1, 0.15) is 16.9 Å². The molecule has 4 heterocycles. The van der Waals surface area contributed by atoms with Gasteiger partial charge in [0.25, 0.3) is 11.5 Å². The van der Waals surface area contributed by atoms with Gasteiger partial charge in [-0.15, -0.1) is 6.42 Å². The summed E-state index contributed by atoms with van der Waals surface area (Å²) in [7, 11) is 0. The molecule has 8 nitrogen and oxygen atoms in total. The summed E-state index contributed by atoms with van der Waals surface area (Å²) in [6, 6.07) is 15.5. The number of aromatic nitrogens is 5. The van der Waals surface area contributed by atoms with E-state index in [0.717, 1.165) is 0 Å². The zero-order valence-electron chi connectivity index (χ0n) is 18.6. The van der Waals surface area contributed by atoms with Gasteiger partial charge in [-0.3, -0.25) is 14.0 Å². The van der Waals surface area contributed by atoms with Crippen LogP contribution < -0.4 is 10.9 Å². The molecule has 1 N–H and O–H groups in total. The first-order valence-electron chi connectivity index (χ1n) is 10.7. The van der Waals surface area contributed by atoms with Crippen LogP contribution in [0.2, 0.25) is 0 Å². The van der Waals surface area contributed by atoms with E-state index in [9.17, 15) is 9.59 Å². The number of rotatable bonds is 4. The molecule has 8 heteroatoms. The number of benzene rings is 1. The van der Waals surface area contributed by atoms with E-state index in [1.54, 1.807) is 55.0 Å². The molecule has 4 aromatic heterocycles. The van der Waals surface area contributed by atoms with E-state index in [2.05, 4.69) is 21.3 Å². The molecular formula is C26H20N6O2. The molecule has 0 aliphatic rings. The highest BCUT2D eigenvalue weighted by atomic mass is 16.2. The lowest BCUT2D eigenvalue weighted by Gasteiger charge is -2.18. The van der Waals surface area contributed by atoms with Crippen LogP contribution in [-0.2, 0) is 0 Å². The standard InChI is InChI=1S/C26H20N6O2/c1-4-19-12-8-13-20-29-23(22(26(34)32(19)20)18-10-6-5-7-11-18)17(3)28-25(33)21-16(2)30-31-15-9-14-27-24(21)31/h1,5-15,17H,2-3H3,(H,28,33)/t17-/m0/s1. The second-order valence-corrected chi connectivity index (χ2v) is 7.84. The SMILES string of the molecule is C#Cc1cccc2nc([C@H](C)NC(=O)c3c(C)nn4cccnc34)c(-c3ccccc3)c(=O)n12. The van der Waals surface area contributed by atoms with Crippen molar-refractivity contribution < 1.29 is 4.79 Å². The topological polar surface area (TPSA) is 93.7 Å². The van der Waals surface area contributed by atoms with Gasteiger partial charge in [0, 0.05) is 12.4 Å². The van der Waals surface area contributed by atoms with Crippen molar-refractivity contribution >= 4 is 17.2 Å². The van der Waals surface area contributed by atoms with E-state index in [1.165, 1.54) is 4.40 Å². The van der Waals surface area contributed by atoms with Crippen LogP contribution in [0.25, 0.3) is 22.4 Å². The molecule has 1 amide bonds. The average Bonchev–Trinajstić information content (AvgIpc) is 3.19. The van der Waals surface area contributed by atoms with Crippen molar-refractivity contribution in [3.8, 4) is 23.5 Å². The van der Waals surface area contributed by atoms with Crippen LogP contribution in [0.5, 0.6) is 0 Å². The number of hydrogen-bond donors (Lipinski definition) is 1. The summed E-state index contributed by atoms with van der Waals surface area (Å²) in [4.78, 5) is 36.0. The molecule has 1 atom stereocenters. The maximum absolute atomic E-state index is 13.7. The van der Waals surface area contributed by atoms with Gasteiger partial charge in [-0.2, -0.15) is 5.10 Å². The third kappa shape index (κ3) is 3.40. The fraction of sp³-hybridized carbons (Fsp3) is 0.115. The van der Waals surface area contributed by atoms with E-state index in [0.29, 0.717) is 45.1 Å². The van der Waals surface area contributed by atoms with Gasteiger partial charge in [0.2, 0.25) is 0 Å². The van der Waals surface area contributed by atoms with E-state index >= 15 is 0 Å². The number of nitrogens with one attached hydrogen (secondary N) is 1. The van der Waals surface area contributed by atoms with Crippen LogP contribution >= 0.6 is 0 Å². The quantitative estimate of drug-likeness (QED) is 0.426. The maximum atomic E-state index is 13.7. The monoisotopic (exact) mass is 448 g/mol. The van der Waals surface area contributed by atoms with Gasteiger partial charge in [-0.05, 0) is 37.6 Å². The number of carbonyl (C=O) groups excluding carboxylic acids is 1. The zero-order valence-corrected chi connectivity index (χ0v) is 18.6. The lowest BCUT2D eigenvalue weighted by Crippen LogP contribution is -2.31. The van der Waals surface area contributed by atoms with Crippen molar-refractivity contribution in [2.75, 3.05) is 0 Å². The normalized spacial score (nSPS) is 11.9. The second kappa shape index (κ2) is 8.30. The number of fused-ring (bicyclic) bond motifs is 2. The van der Waals surface area contributed by atoms with E-state index in [1.807, 2.05) is 30.3 Å². The molecule has 0 unspecified atom stereocenters. The highest BCUT2D eigenvalue weighted by molar-refractivity contribution is 6.01. The fourth-order valence-electron chi connectivity index (χ4n) is 4.10. The highest BCUT2D eigenvalue weighted by Gasteiger charge is 2.24. The smallest absolute Gasteiger partial charge is 0.267 e. The Balaban J connectivity index is 1.65. The Kier molecular flexibility index (Phi) is 5.15. The summed E-state index contributed by atoms with van der Waals surface area (Å²) in [5.41, 5.74) is 3.41. The minimum Gasteiger partial charge on any atom is -0.344 e. The minimum atomic E-state index is -0.590. The van der Waals surface area contributed by atoms with Crippen LogP contribution in [0, 0.1) is 19.3 Å². The average molecular weight is 448 g/mol. The fourth-order valence-corrected chi connectivity index (χ4v) is 4.10.